The van der Waals surface area contributed by atoms with Crippen LogP contribution in [0.1, 0.15) is 16.8 Å². The van der Waals surface area contributed by atoms with Crippen molar-refractivity contribution in [2.45, 2.75) is 20.4 Å². The van der Waals surface area contributed by atoms with Gasteiger partial charge in [0.15, 0.2) is 17.3 Å². The molecule has 0 radical (unpaired) electrons. The van der Waals surface area contributed by atoms with Crippen LogP contribution in [0.5, 0.6) is 0 Å². The summed E-state index contributed by atoms with van der Waals surface area (Å²) in [6.45, 7) is 3.79. The standard InChI is InChI=1S/C20H17F2N5O/c1-12-4-3-5-15(8-12)24-19-23-13(2)9-18-25-26(20(28)27(18)19)11-14-6-7-16(21)17(22)10-14/h3-10H,11H2,1-2H3,(H,23,24). The average molecular weight is 381 g/mol. The van der Waals surface area contributed by atoms with E-state index in [-0.39, 0.29) is 6.54 Å². The molecule has 1 N–H and O–H groups in total. The number of benzene rings is 2. The van der Waals surface area contributed by atoms with Gasteiger partial charge in [-0.2, -0.15) is 0 Å². The largest absolute Gasteiger partial charge is 0.353 e. The molecule has 0 bridgehead atoms. The average Bonchev–Trinajstić information content (AvgIpc) is 2.93. The van der Waals surface area contributed by atoms with Crippen LogP contribution in [-0.2, 0) is 6.54 Å². The number of nitrogens with zero attached hydrogens (tertiary/aromatic N) is 4. The van der Waals surface area contributed by atoms with Crippen LogP contribution in [0.2, 0.25) is 0 Å². The Hall–Kier alpha value is -3.55. The molecule has 4 rings (SSSR count). The molecule has 6 nitrogen and oxygen atoms in total. The molecule has 28 heavy (non-hydrogen) atoms. The van der Waals surface area contributed by atoms with Crippen molar-refractivity contribution in [2.75, 3.05) is 5.32 Å². The lowest BCUT2D eigenvalue weighted by Gasteiger charge is -2.08. The van der Waals surface area contributed by atoms with Gasteiger partial charge < -0.3 is 5.32 Å². The van der Waals surface area contributed by atoms with Crippen molar-refractivity contribution in [2.24, 2.45) is 0 Å². The number of nitrogens with one attached hydrogen (secondary N) is 1. The normalized spacial score (nSPS) is 11.1. The first-order valence-electron chi connectivity index (χ1n) is 8.65. The number of hydrogen-bond acceptors (Lipinski definition) is 4. The quantitative estimate of drug-likeness (QED) is 0.587. The van der Waals surface area contributed by atoms with Crippen molar-refractivity contribution >= 4 is 17.3 Å². The Morgan fingerprint density at radius 1 is 1.04 bits per heavy atom. The molecule has 142 valence electrons. The second-order valence-electron chi connectivity index (χ2n) is 6.60. The lowest BCUT2D eigenvalue weighted by atomic mass is 10.2. The molecule has 0 aliphatic heterocycles. The van der Waals surface area contributed by atoms with E-state index in [4.69, 9.17) is 0 Å². The Bertz CT molecular complexity index is 1250. The van der Waals surface area contributed by atoms with Gasteiger partial charge in [-0.3, -0.25) is 0 Å². The molecular weight excluding hydrogens is 364 g/mol. The van der Waals surface area contributed by atoms with Gasteiger partial charge in [0.2, 0.25) is 5.95 Å². The van der Waals surface area contributed by atoms with Gasteiger partial charge in [-0.15, -0.1) is 5.10 Å². The minimum atomic E-state index is -0.964. The fourth-order valence-electron chi connectivity index (χ4n) is 3.00. The Balaban J connectivity index is 1.77. The summed E-state index contributed by atoms with van der Waals surface area (Å²) < 4.78 is 29.2. The second-order valence-corrected chi connectivity index (χ2v) is 6.60. The van der Waals surface area contributed by atoms with Crippen molar-refractivity contribution < 1.29 is 8.78 Å². The van der Waals surface area contributed by atoms with Gasteiger partial charge in [0.25, 0.3) is 0 Å². The first-order chi connectivity index (χ1) is 13.4. The second kappa shape index (κ2) is 6.88. The van der Waals surface area contributed by atoms with Crippen LogP contribution in [0, 0.1) is 25.5 Å². The molecule has 0 saturated carbocycles. The topological polar surface area (TPSA) is 64.2 Å². The van der Waals surface area contributed by atoms with E-state index in [1.54, 1.807) is 13.0 Å². The predicted octanol–water partition coefficient (Wildman–Crippen LogP) is 3.58. The molecule has 2 aromatic carbocycles. The van der Waals surface area contributed by atoms with E-state index < -0.39 is 17.3 Å². The summed E-state index contributed by atoms with van der Waals surface area (Å²) >= 11 is 0. The molecule has 0 aliphatic rings. The summed E-state index contributed by atoms with van der Waals surface area (Å²) in [5.74, 6) is -1.56. The molecule has 4 aromatic rings. The van der Waals surface area contributed by atoms with Crippen LogP contribution in [0.15, 0.2) is 53.3 Å². The molecule has 0 spiro atoms. The Labute approximate surface area is 159 Å². The maximum absolute atomic E-state index is 13.5. The van der Waals surface area contributed by atoms with Crippen molar-refractivity contribution in [1.82, 2.24) is 19.2 Å². The van der Waals surface area contributed by atoms with Gasteiger partial charge in [0.1, 0.15) is 0 Å². The SMILES string of the molecule is Cc1cccc(Nc2nc(C)cc3nn(Cc4ccc(F)c(F)c4)c(=O)n23)c1. The number of anilines is 2. The summed E-state index contributed by atoms with van der Waals surface area (Å²) in [6.07, 6.45) is 0. The van der Waals surface area contributed by atoms with Crippen LogP contribution in [0.25, 0.3) is 5.65 Å². The van der Waals surface area contributed by atoms with Gasteiger partial charge in [-0.25, -0.2) is 27.6 Å². The van der Waals surface area contributed by atoms with Crippen molar-refractivity contribution in [3.05, 3.63) is 87.5 Å². The van der Waals surface area contributed by atoms with Gasteiger partial charge in [0.05, 0.1) is 6.54 Å². The van der Waals surface area contributed by atoms with Crippen LogP contribution in [0.3, 0.4) is 0 Å². The van der Waals surface area contributed by atoms with Crippen LogP contribution in [0.4, 0.5) is 20.4 Å². The van der Waals surface area contributed by atoms with E-state index in [9.17, 15) is 13.6 Å². The van der Waals surface area contributed by atoms with Crippen molar-refractivity contribution in [3.63, 3.8) is 0 Å². The van der Waals surface area contributed by atoms with E-state index in [1.165, 1.54) is 15.1 Å². The van der Waals surface area contributed by atoms with Gasteiger partial charge in [-0.1, -0.05) is 18.2 Å². The van der Waals surface area contributed by atoms with Crippen molar-refractivity contribution in [1.29, 1.82) is 0 Å². The number of rotatable bonds is 4. The highest BCUT2D eigenvalue weighted by Gasteiger charge is 2.14. The van der Waals surface area contributed by atoms with E-state index in [0.29, 0.717) is 22.9 Å². The third-order valence-electron chi connectivity index (χ3n) is 4.29. The number of aromatic nitrogens is 4. The summed E-state index contributed by atoms with van der Waals surface area (Å²) in [5.41, 5.74) is 2.96. The van der Waals surface area contributed by atoms with Crippen LogP contribution < -0.4 is 11.0 Å². The summed E-state index contributed by atoms with van der Waals surface area (Å²) in [5, 5.41) is 7.46. The fraction of sp³-hybridized carbons (Fsp3) is 0.150. The highest BCUT2D eigenvalue weighted by Crippen LogP contribution is 2.17. The van der Waals surface area contributed by atoms with Gasteiger partial charge >= 0.3 is 5.69 Å². The van der Waals surface area contributed by atoms with E-state index >= 15 is 0 Å². The zero-order valence-electron chi connectivity index (χ0n) is 15.3. The fourth-order valence-corrected chi connectivity index (χ4v) is 3.00. The van der Waals surface area contributed by atoms with Gasteiger partial charge in [-0.05, 0) is 49.2 Å². The van der Waals surface area contributed by atoms with Crippen LogP contribution in [-0.4, -0.2) is 19.2 Å². The molecule has 2 aromatic heterocycles. The Kier molecular flexibility index (Phi) is 4.38. The van der Waals surface area contributed by atoms with E-state index in [0.717, 1.165) is 23.4 Å². The van der Waals surface area contributed by atoms with E-state index in [2.05, 4.69) is 15.4 Å². The third kappa shape index (κ3) is 3.36. The smallest absolute Gasteiger partial charge is 0.325 e. The molecule has 0 atom stereocenters. The lowest BCUT2D eigenvalue weighted by molar-refractivity contribution is 0.505. The molecule has 0 unspecified atom stereocenters. The first-order valence-corrected chi connectivity index (χ1v) is 8.65. The number of hydrogen-bond donors (Lipinski definition) is 1. The monoisotopic (exact) mass is 381 g/mol. The molecule has 2 heterocycles. The number of fused-ring (bicyclic) bond motifs is 1. The zero-order valence-corrected chi connectivity index (χ0v) is 15.3. The number of halogens is 2. The Morgan fingerprint density at radius 3 is 2.61 bits per heavy atom. The predicted molar refractivity (Wildman–Crippen MR) is 102 cm³/mol. The van der Waals surface area contributed by atoms with Gasteiger partial charge in [0, 0.05) is 17.4 Å². The highest BCUT2D eigenvalue weighted by atomic mass is 19.2. The first kappa shape index (κ1) is 17.8. The van der Waals surface area contributed by atoms with Crippen LogP contribution >= 0.6 is 0 Å². The van der Waals surface area contributed by atoms with E-state index in [1.807, 2.05) is 31.2 Å². The molecule has 0 aliphatic carbocycles. The zero-order chi connectivity index (χ0) is 19.8. The molecule has 0 amide bonds. The maximum Gasteiger partial charge on any atom is 0.353 e. The maximum atomic E-state index is 13.5. The molecule has 0 fully saturated rings. The lowest BCUT2D eigenvalue weighted by Crippen LogP contribution is -2.23. The summed E-state index contributed by atoms with van der Waals surface area (Å²) in [7, 11) is 0. The summed E-state index contributed by atoms with van der Waals surface area (Å²) in [6, 6.07) is 12.9. The number of aryl methyl sites for hydroxylation is 2. The highest BCUT2D eigenvalue weighted by molar-refractivity contribution is 5.57. The molecular formula is C20H17F2N5O. The van der Waals surface area contributed by atoms with Crippen molar-refractivity contribution in [3.8, 4) is 0 Å². The minimum absolute atomic E-state index is 0.0145. The summed E-state index contributed by atoms with van der Waals surface area (Å²) in [4.78, 5) is 17.3. The third-order valence-corrected chi connectivity index (χ3v) is 4.29. The molecule has 8 heteroatoms. The molecule has 0 saturated heterocycles. The minimum Gasteiger partial charge on any atom is -0.325 e. The Morgan fingerprint density at radius 2 is 1.86 bits per heavy atom.